The molecule has 3 rings (SSSR count). The van der Waals surface area contributed by atoms with Gasteiger partial charge in [-0.3, -0.25) is 5.10 Å². The van der Waals surface area contributed by atoms with Crippen LogP contribution in [0.4, 0.5) is 0 Å². The quantitative estimate of drug-likeness (QED) is 0.807. The maximum absolute atomic E-state index is 5.70. The van der Waals surface area contributed by atoms with E-state index in [2.05, 4.69) is 31.1 Å². The Bertz CT molecular complexity index is 666. The van der Waals surface area contributed by atoms with Gasteiger partial charge < -0.3 is 4.74 Å². The Hall–Kier alpha value is -1.88. The summed E-state index contributed by atoms with van der Waals surface area (Å²) in [4.78, 5) is 4.21. The number of hydrogen-bond acceptors (Lipinski definition) is 3. The molecule has 2 heterocycles. The number of benzene rings is 1. The number of ether oxygens (including phenoxy) is 1. The van der Waals surface area contributed by atoms with E-state index < -0.39 is 0 Å². The predicted molar refractivity (Wildman–Crippen MR) is 72.4 cm³/mol. The third-order valence-electron chi connectivity index (χ3n) is 2.61. The number of H-pyrrole nitrogens is 1. The fourth-order valence-corrected chi connectivity index (χ4v) is 2.13. The molecule has 1 aromatic carbocycles. The van der Waals surface area contributed by atoms with E-state index in [0.29, 0.717) is 12.5 Å². The maximum atomic E-state index is 5.70. The van der Waals surface area contributed by atoms with Crippen LogP contribution >= 0.6 is 15.9 Å². The van der Waals surface area contributed by atoms with Gasteiger partial charge in [-0.2, -0.15) is 5.10 Å². The van der Waals surface area contributed by atoms with Crippen molar-refractivity contribution < 1.29 is 4.74 Å². The summed E-state index contributed by atoms with van der Waals surface area (Å²) in [6.07, 6.45) is 1.71. The molecule has 0 amide bonds. The molecule has 3 aromatic rings. The molecule has 18 heavy (non-hydrogen) atoms. The fraction of sp³-hybridized carbons (Fsp3) is 0.0769. The Kier molecular flexibility index (Phi) is 2.98. The van der Waals surface area contributed by atoms with Gasteiger partial charge in [-0.05, 0) is 27.6 Å². The lowest BCUT2D eigenvalue weighted by Crippen LogP contribution is -1.97. The average Bonchev–Trinajstić information content (AvgIpc) is 2.80. The summed E-state index contributed by atoms with van der Waals surface area (Å²) in [6, 6.07) is 11.9. The molecule has 1 N–H and O–H groups in total. The van der Waals surface area contributed by atoms with Crippen molar-refractivity contribution in [3.63, 3.8) is 0 Å². The minimum Gasteiger partial charge on any atom is -0.471 e. The zero-order valence-corrected chi connectivity index (χ0v) is 11.0. The van der Waals surface area contributed by atoms with Crippen LogP contribution in [0.1, 0.15) is 5.56 Å². The standard InChI is InChI=1S/C13H10BrN3O/c14-12-10-6-7-15-13(11(10)16-17-12)18-8-9-4-2-1-3-5-9/h1-7H,8H2,(H,16,17). The molecule has 0 aliphatic carbocycles. The van der Waals surface area contributed by atoms with E-state index >= 15 is 0 Å². The second kappa shape index (κ2) is 4.78. The van der Waals surface area contributed by atoms with E-state index in [1.54, 1.807) is 6.20 Å². The number of nitrogens with zero attached hydrogens (tertiary/aromatic N) is 2. The first-order valence-corrected chi connectivity index (χ1v) is 6.29. The second-order valence-corrected chi connectivity index (χ2v) is 4.62. The van der Waals surface area contributed by atoms with Crippen LogP contribution in [0.5, 0.6) is 5.88 Å². The molecule has 4 nitrogen and oxygen atoms in total. The van der Waals surface area contributed by atoms with Crippen molar-refractivity contribution in [1.82, 2.24) is 15.2 Å². The van der Waals surface area contributed by atoms with Gasteiger partial charge in [0.25, 0.3) is 0 Å². The fourth-order valence-electron chi connectivity index (χ4n) is 1.72. The molecule has 0 bridgehead atoms. The number of fused-ring (bicyclic) bond motifs is 1. The number of rotatable bonds is 3. The minimum atomic E-state index is 0.484. The van der Waals surface area contributed by atoms with Gasteiger partial charge in [-0.15, -0.1) is 0 Å². The van der Waals surface area contributed by atoms with E-state index in [9.17, 15) is 0 Å². The largest absolute Gasteiger partial charge is 0.471 e. The Balaban J connectivity index is 1.87. The lowest BCUT2D eigenvalue weighted by Gasteiger charge is -2.05. The molecular formula is C13H10BrN3O. The van der Waals surface area contributed by atoms with E-state index in [0.717, 1.165) is 21.1 Å². The summed E-state index contributed by atoms with van der Waals surface area (Å²) in [6.45, 7) is 0.484. The summed E-state index contributed by atoms with van der Waals surface area (Å²) >= 11 is 3.40. The van der Waals surface area contributed by atoms with Crippen LogP contribution in [0.2, 0.25) is 0 Å². The van der Waals surface area contributed by atoms with Crippen LogP contribution in [0, 0.1) is 0 Å². The molecule has 0 unspecified atom stereocenters. The smallest absolute Gasteiger partial charge is 0.242 e. The normalized spacial score (nSPS) is 10.7. The van der Waals surface area contributed by atoms with Crippen LogP contribution in [0.3, 0.4) is 0 Å². The summed E-state index contributed by atoms with van der Waals surface area (Å²) in [5.41, 5.74) is 1.84. The highest BCUT2D eigenvalue weighted by Gasteiger charge is 2.09. The van der Waals surface area contributed by atoms with Gasteiger partial charge in [0.1, 0.15) is 11.2 Å². The molecule has 0 aliphatic heterocycles. The molecule has 90 valence electrons. The Labute approximate surface area is 112 Å². The lowest BCUT2D eigenvalue weighted by molar-refractivity contribution is 0.297. The van der Waals surface area contributed by atoms with Crippen molar-refractivity contribution in [3.05, 3.63) is 52.8 Å². The third-order valence-corrected chi connectivity index (χ3v) is 3.22. The van der Waals surface area contributed by atoms with Crippen molar-refractivity contribution >= 4 is 26.8 Å². The van der Waals surface area contributed by atoms with Gasteiger partial charge in [0.05, 0.1) is 0 Å². The first kappa shape index (κ1) is 11.2. The Morgan fingerprint density at radius 1 is 1.17 bits per heavy atom. The Morgan fingerprint density at radius 3 is 2.83 bits per heavy atom. The molecule has 0 saturated heterocycles. The van der Waals surface area contributed by atoms with E-state index in [4.69, 9.17) is 4.74 Å². The van der Waals surface area contributed by atoms with Crippen LogP contribution in [-0.2, 0) is 6.61 Å². The molecule has 0 radical (unpaired) electrons. The van der Waals surface area contributed by atoms with Gasteiger partial charge in [0.15, 0.2) is 5.52 Å². The van der Waals surface area contributed by atoms with E-state index in [1.807, 2.05) is 36.4 Å². The number of halogens is 1. The van der Waals surface area contributed by atoms with Crippen molar-refractivity contribution in [2.45, 2.75) is 6.61 Å². The summed E-state index contributed by atoms with van der Waals surface area (Å²) in [7, 11) is 0. The highest BCUT2D eigenvalue weighted by molar-refractivity contribution is 9.10. The molecule has 0 atom stereocenters. The van der Waals surface area contributed by atoms with Crippen molar-refractivity contribution in [2.24, 2.45) is 0 Å². The van der Waals surface area contributed by atoms with Gasteiger partial charge >= 0.3 is 0 Å². The molecular weight excluding hydrogens is 294 g/mol. The topological polar surface area (TPSA) is 50.8 Å². The predicted octanol–water partition coefficient (Wildman–Crippen LogP) is 3.30. The zero-order chi connectivity index (χ0) is 12.4. The SMILES string of the molecule is Brc1[nH]nc2c(OCc3ccccc3)nccc12. The lowest BCUT2D eigenvalue weighted by atomic mass is 10.2. The highest BCUT2D eigenvalue weighted by Crippen LogP contribution is 2.26. The van der Waals surface area contributed by atoms with E-state index in [1.165, 1.54) is 0 Å². The van der Waals surface area contributed by atoms with Crippen LogP contribution in [-0.4, -0.2) is 15.2 Å². The number of aromatic amines is 1. The molecule has 5 heteroatoms. The monoisotopic (exact) mass is 303 g/mol. The molecule has 0 saturated carbocycles. The van der Waals surface area contributed by atoms with E-state index in [-0.39, 0.29) is 0 Å². The molecule has 2 aromatic heterocycles. The average molecular weight is 304 g/mol. The summed E-state index contributed by atoms with van der Waals surface area (Å²) < 4.78 is 6.54. The maximum Gasteiger partial charge on any atom is 0.242 e. The molecule has 0 spiro atoms. The zero-order valence-electron chi connectivity index (χ0n) is 9.43. The summed E-state index contributed by atoms with van der Waals surface area (Å²) in [5.74, 6) is 0.540. The number of pyridine rings is 1. The first-order chi connectivity index (χ1) is 8.84. The number of hydrogen-bond donors (Lipinski definition) is 1. The highest BCUT2D eigenvalue weighted by atomic mass is 79.9. The van der Waals surface area contributed by atoms with Crippen molar-refractivity contribution in [2.75, 3.05) is 0 Å². The van der Waals surface area contributed by atoms with Crippen LogP contribution < -0.4 is 4.74 Å². The van der Waals surface area contributed by atoms with Crippen molar-refractivity contribution in [1.29, 1.82) is 0 Å². The van der Waals surface area contributed by atoms with Gasteiger partial charge in [0.2, 0.25) is 5.88 Å². The summed E-state index contributed by atoms with van der Waals surface area (Å²) in [5, 5.41) is 8.00. The van der Waals surface area contributed by atoms with Crippen LogP contribution in [0.15, 0.2) is 47.2 Å². The molecule has 0 fully saturated rings. The number of aromatic nitrogens is 3. The third kappa shape index (κ3) is 2.09. The van der Waals surface area contributed by atoms with Gasteiger partial charge in [-0.25, -0.2) is 4.98 Å². The minimum absolute atomic E-state index is 0.484. The van der Waals surface area contributed by atoms with Crippen LogP contribution in [0.25, 0.3) is 10.9 Å². The Morgan fingerprint density at radius 2 is 2.00 bits per heavy atom. The number of nitrogens with one attached hydrogen (secondary N) is 1. The van der Waals surface area contributed by atoms with Crippen molar-refractivity contribution in [3.8, 4) is 5.88 Å². The van der Waals surface area contributed by atoms with Gasteiger partial charge in [-0.1, -0.05) is 30.3 Å². The molecule has 0 aliphatic rings. The van der Waals surface area contributed by atoms with Gasteiger partial charge in [0, 0.05) is 11.6 Å². The first-order valence-electron chi connectivity index (χ1n) is 5.50. The second-order valence-electron chi connectivity index (χ2n) is 3.82.